The Morgan fingerprint density at radius 3 is 2.47 bits per heavy atom. The van der Waals surface area contributed by atoms with E-state index in [1.807, 2.05) is 0 Å². The SMILES string of the molecule is Nc1nc(/C(=N/OC(CO)(CO)C(=O)O)C(=O)N[C@H]2CON(C3(C(=O)O)CC(n4cc5cc(O)c(O)cn5c4=O)C(=O)O3)C2=O)cs1. The zero-order valence-electron chi connectivity index (χ0n) is 23.4. The number of amides is 2. The van der Waals surface area contributed by atoms with Crippen molar-refractivity contribution >= 4 is 57.4 Å². The number of cyclic esters (lactones) is 1. The van der Waals surface area contributed by atoms with Gasteiger partial charge in [-0.1, -0.05) is 5.16 Å². The number of aromatic hydroxyl groups is 2. The van der Waals surface area contributed by atoms with Crippen LogP contribution in [0.2, 0.25) is 0 Å². The molecule has 0 bridgehead atoms. The van der Waals surface area contributed by atoms with Crippen LogP contribution in [-0.2, 0) is 38.4 Å². The normalized spacial score (nSPS) is 21.7. The van der Waals surface area contributed by atoms with Gasteiger partial charge in [0.1, 0.15) is 24.4 Å². The number of carbonyl (C=O) groups excluding carboxylic acids is 3. The van der Waals surface area contributed by atoms with Crippen LogP contribution in [-0.4, -0.2) is 122 Å². The average Bonchev–Trinajstić information content (AvgIpc) is 3.78. The molecule has 3 aromatic rings. The second kappa shape index (κ2) is 11.9. The van der Waals surface area contributed by atoms with E-state index in [-0.39, 0.29) is 21.4 Å². The molecular weight excluding hydrogens is 658 g/mol. The number of nitrogens with zero attached hydrogens (tertiary/aromatic N) is 5. The van der Waals surface area contributed by atoms with Crippen LogP contribution in [0.5, 0.6) is 11.5 Å². The number of aliphatic hydroxyl groups excluding tert-OH is 2. The van der Waals surface area contributed by atoms with E-state index in [4.69, 9.17) is 20.1 Å². The van der Waals surface area contributed by atoms with Crippen molar-refractivity contribution in [3.05, 3.63) is 40.0 Å². The van der Waals surface area contributed by atoms with Gasteiger partial charge in [-0.25, -0.2) is 24.2 Å². The molecule has 2 fully saturated rings. The number of thiazole rings is 1. The van der Waals surface area contributed by atoms with E-state index < -0.39 is 102 Å². The number of anilines is 1. The van der Waals surface area contributed by atoms with Crippen LogP contribution < -0.4 is 16.7 Å². The number of nitrogen functional groups attached to an aromatic ring is 1. The Hall–Kier alpha value is -5.78. The summed E-state index contributed by atoms with van der Waals surface area (Å²) in [5.41, 5.74) is -1.85. The molecule has 3 atom stereocenters. The number of rotatable bonds is 11. The van der Waals surface area contributed by atoms with Crippen LogP contribution in [0.1, 0.15) is 18.2 Å². The second-order valence-electron chi connectivity index (χ2n) is 10.1. The molecule has 22 nitrogen and oxygen atoms in total. The number of fused-ring (bicyclic) bond motifs is 1. The van der Waals surface area contributed by atoms with Crippen molar-refractivity contribution < 1.29 is 69.0 Å². The molecular formula is C24H23N7O15S. The third kappa shape index (κ3) is 5.41. The number of aliphatic carboxylic acids is 2. The highest BCUT2D eigenvalue weighted by atomic mass is 32.1. The van der Waals surface area contributed by atoms with Crippen molar-refractivity contribution in [1.82, 2.24) is 24.3 Å². The number of nitrogens with one attached hydrogen (secondary N) is 1. The lowest BCUT2D eigenvalue weighted by atomic mass is 10.1. The summed E-state index contributed by atoms with van der Waals surface area (Å²) in [6.45, 7) is -3.25. The lowest BCUT2D eigenvalue weighted by Crippen LogP contribution is -2.57. The first-order valence-corrected chi connectivity index (χ1v) is 13.9. The Labute approximate surface area is 263 Å². The number of pyridine rings is 1. The van der Waals surface area contributed by atoms with E-state index in [0.29, 0.717) is 0 Å². The Morgan fingerprint density at radius 2 is 1.87 bits per heavy atom. The number of hydrogen-bond donors (Lipinski definition) is 8. The largest absolute Gasteiger partial charge is 0.504 e. The number of oxime groups is 1. The smallest absolute Gasteiger partial charge is 0.372 e. The van der Waals surface area contributed by atoms with Gasteiger partial charge in [-0.15, -0.1) is 11.3 Å². The predicted molar refractivity (Wildman–Crippen MR) is 149 cm³/mol. The van der Waals surface area contributed by atoms with E-state index in [1.54, 1.807) is 0 Å². The van der Waals surface area contributed by atoms with E-state index in [0.717, 1.165) is 38.8 Å². The third-order valence-electron chi connectivity index (χ3n) is 7.15. The lowest BCUT2D eigenvalue weighted by molar-refractivity contribution is -0.256. The van der Waals surface area contributed by atoms with Crippen LogP contribution >= 0.6 is 11.3 Å². The Morgan fingerprint density at radius 1 is 1.17 bits per heavy atom. The van der Waals surface area contributed by atoms with Crippen LogP contribution in [0.3, 0.4) is 0 Å². The molecule has 0 aromatic carbocycles. The van der Waals surface area contributed by atoms with E-state index in [9.17, 15) is 59.4 Å². The summed E-state index contributed by atoms with van der Waals surface area (Å²) < 4.78 is 6.76. The molecule has 2 saturated heterocycles. The lowest BCUT2D eigenvalue weighted by Gasteiger charge is -2.30. The van der Waals surface area contributed by atoms with Crippen molar-refractivity contribution in [3.63, 3.8) is 0 Å². The minimum atomic E-state index is -2.83. The number of carbonyl (C=O) groups is 5. The zero-order chi connectivity index (χ0) is 34.4. The number of aliphatic hydroxyl groups is 2. The quantitative estimate of drug-likeness (QED) is 0.0548. The standard InChI is InChI=1S/C24H23N7O15S/c25-21-27-11(6-47-21)15(28-46-23(7-32,8-33)19(39)40)16(36)26-10-5-44-31(17(10)37)24(20(41)42)2-12(18(38)45-24)30-3-9-1-13(34)14(35)4-29(9)22(30)43/h1,3-4,6,10,12,32-35H,2,5,7-8H2,(H2,25,27)(H,26,36)(H,39,40)(H,41,42)/b28-15-/t10-,12?,24?/m0/s1. The number of hydroxylamine groups is 2. The average molecular weight is 682 g/mol. The van der Waals surface area contributed by atoms with Crippen molar-refractivity contribution in [3.8, 4) is 11.5 Å². The molecule has 0 saturated carbocycles. The zero-order valence-corrected chi connectivity index (χ0v) is 24.2. The molecule has 2 unspecified atom stereocenters. The van der Waals surface area contributed by atoms with E-state index >= 15 is 0 Å². The van der Waals surface area contributed by atoms with Gasteiger partial charge in [0.25, 0.3) is 17.4 Å². The maximum Gasteiger partial charge on any atom is 0.372 e. The molecule has 9 N–H and O–H groups in total. The highest BCUT2D eigenvalue weighted by Crippen LogP contribution is 2.39. The molecule has 23 heteroatoms. The van der Waals surface area contributed by atoms with Gasteiger partial charge in [-0.3, -0.25) is 23.4 Å². The maximum absolute atomic E-state index is 13.4. The highest BCUT2D eigenvalue weighted by molar-refractivity contribution is 7.13. The molecule has 47 heavy (non-hydrogen) atoms. The second-order valence-corrected chi connectivity index (χ2v) is 11.0. The fourth-order valence-electron chi connectivity index (χ4n) is 4.59. The molecule has 5 rings (SSSR count). The topological polar surface area (TPSA) is 327 Å². The number of esters is 1. The summed E-state index contributed by atoms with van der Waals surface area (Å²) in [7, 11) is 0. The maximum atomic E-state index is 13.4. The molecule has 0 aliphatic carbocycles. The van der Waals surface area contributed by atoms with Gasteiger partial charge in [0.05, 0.1) is 31.3 Å². The van der Waals surface area contributed by atoms with Crippen LogP contribution in [0.4, 0.5) is 5.13 Å². The Kier molecular flexibility index (Phi) is 8.23. The molecule has 2 aliphatic heterocycles. The first kappa shape index (κ1) is 32.6. The highest BCUT2D eigenvalue weighted by Gasteiger charge is 2.63. The van der Waals surface area contributed by atoms with Gasteiger partial charge >= 0.3 is 29.3 Å². The number of carboxylic acid groups (broad SMARTS) is 2. The number of imidazole rings is 1. The molecule has 250 valence electrons. The first-order valence-electron chi connectivity index (χ1n) is 13.0. The van der Waals surface area contributed by atoms with Gasteiger partial charge in [-0.05, 0) is 0 Å². The number of hydrogen-bond acceptors (Lipinski definition) is 17. The van der Waals surface area contributed by atoms with Crippen molar-refractivity contribution in [1.29, 1.82) is 0 Å². The molecule has 3 aromatic heterocycles. The van der Waals surface area contributed by atoms with Crippen LogP contribution in [0, 0.1) is 0 Å². The number of ether oxygens (including phenoxy) is 1. The van der Waals surface area contributed by atoms with Crippen molar-refractivity contribution in [2.75, 3.05) is 25.6 Å². The number of nitrogens with two attached hydrogens (primary N) is 1. The minimum Gasteiger partial charge on any atom is -0.504 e. The van der Waals surface area contributed by atoms with Gasteiger partial charge in [0.2, 0.25) is 0 Å². The monoisotopic (exact) mass is 681 g/mol. The summed E-state index contributed by atoms with van der Waals surface area (Å²) in [5.74, 6) is -8.70. The van der Waals surface area contributed by atoms with E-state index in [2.05, 4.69) is 15.5 Å². The fraction of sp³-hybridized carbons (Fsp3) is 0.333. The molecule has 2 aliphatic rings. The summed E-state index contributed by atoms with van der Waals surface area (Å²) in [4.78, 5) is 90.5. The summed E-state index contributed by atoms with van der Waals surface area (Å²) in [5, 5.41) is 64.9. The fourth-order valence-corrected chi connectivity index (χ4v) is 5.13. The van der Waals surface area contributed by atoms with Crippen molar-refractivity contribution in [2.24, 2.45) is 5.16 Å². The first-order chi connectivity index (χ1) is 22.2. The molecule has 0 spiro atoms. The van der Waals surface area contributed by atoms with Crippen LogP contribution in [0.25, 0.3) is 5.52 Å². The van der Waals surface area contributed by atoms with Gasteiger partial charge in [0.15, 0.2) is 22.3 Å². The number of aromatic nitrogens is 3. The molecule has 0 radical (unpaired) electrons. The molecule has 2 amide bonds. The van der Waals surface area contributed by atoms with Crippen LogP contribution in [0.15, 0.2) is 33.8 Å². The van der Waals surface area contributed by atoms with Crippen molar-refractivity contribution in [2.45, 2.75) is 29.8 Å². The van der Waals surface area contributed by atoms with Gasteiger partial charge < -0.3 is 51.3 Å². The Balaban J connectivity index is 1.40. The summed E-state index contributed by atoms with van der Waals surface area (Å²) >= 11 is 0.838. The Bertz CT molecular complexity index is 1900. The minimum absolute atomic E-state index is 0.0177. The van der Waals surface area contributed by atoms with Gasteiger partial charge in [0, 0.05) is 17.6 Å². The van der Waals surface area contributed by atoms with E-state index in [1.165, 1.54) is 5.38 Å². The predicted octanol–water partition coefficient (Wildman–Crippen LogP) is -3.69. The molecule has 5 heterocycles. The summed E-state index contributed by atoms with van der Waals surface area (Å²) in [6, 6.07) is -2.29. The third-order valence-corrected chi connectivity index (χ3v) is 7.82. The number of carboxylic acids is 2. The van der Waals surface area contributed by atoms with Gasteiger partial charge in [-0.2, -0.15) is 5.06 Å². The summed E-state index contributed by atoms with van der Waals surface area (Å²) in [6.07, 6.45) is 1.09.